The molecule has 0 amide bonds. The topological polar surface area (TPSA) is 52.6 Å². The summed E-state index contributed by atoms with van der Waals surface area (Å²) in [5, 5.41) is 0. The summed E-state index contributed by atoms with van der Waals surface area (Å²) in [7, 11) is 1.75. The Morgan fingerprint density at radius 1 is 1.00 bits per heavy atom. The molecule has 3 aliphatic rings. The van der Waals surface area contributed by atoms with Crippen molar-refractivity contribution in [3.63, 3.8) is 0 Å². The lowest BCUT2D eigenvalue weighted by molar-refractivity contribution is -0.108. The van der Waals surface area contributed by atoms with Crippen LogP contribution in [-0.2, 0) is 14.3 Å². The van der Waals surface area contributed by atoms with E-state index in [-0.39, 0.29) is 18.0 Å². The molecule has 2 fully saturated rings. The monoisotopic (exact) mass is 456 g/mol. The van der Waals surface area contributed by atoms with Gasteiger partial charge in [-0.3, -0.25) is 0 Å². The number of carbonyl (C=O) groups excluding carboxylic acids is 2. The SMILES string of the molecule is COC1=CC=CC2C[C@H]3C(CC12)C[C@@H](OC(=O)c1ccc(-c2ccccc2)cc1)C3CCC=O. The van der Waals surface area contributed by atoms with Gasteiger partial charge in [0.2, 0.25) is 0 Å². The van der Waals surface area contributed by atoms with Gasteiger partial charge in [-0.1, -0.05) is 54.6 Å². The minimum absolute atomic E-state index is 0.143. The Morgan fingerprint density at radius 3 is 2.50 bits per heavy atom. The van der Waals surface area contributed by atoms with Gasteiger partial charge in [-0.25, -0.2) is 4.79 Å². The molecule has 0 heterocycles. The summed E-state index contributed by atoms with van der Waals surface area (Å²) in [5.74, 6) is 2.85. The summed E-state index contributed by atoms with van der Waals surface area (Å²) in [6, 6.07) is 17.8. The number of esters is 1. The molecule has 0 N–H and O–H groups in total. The van der Waals surface area contributed by atoms with Crippen LogP contribution < -0.4 is 0 Å². The van der Waals surface area contributed by atoms with Crippen molar-refractivity contribution in [3.05, 3.63) is 84.1 Å². The van der Waals surface area contributed by atoms with E-state index >= 15 is 0 Å². The van der Waals surface area contributed by atoms with Gasteiger partial charge in [-0.05, 0) is 78.7 Å². The molecule has 176 valence electrons. The van der Waals surface area contributed by atoms with Crippen molar-refractivity contribution >= 4 is 12.3 Å². The van der Waals surface area contributed by atoms with Crippen molar-refractivity contribution in [2.75, 3.05) is 7.11 Å². The minimum atomic E-state index is -0.269. The predicted molar refractivity (Wildman–Crippen MR) is 132 cm³/mol. The fourth-order valence-electron chi connectivity index (χ4n) is 6.50. The number of hydrogen-bond donors (Lipinski definition) is 0. The molecule has 4 heteroatoms. The Balaban J connectivity index is 1.30. The van der Waals surface area contributed by atoms with Gasteiger partial charge in [-0.15, -0.1) is 0 Å². The van der Waals surface area contributed by atoms with Gasteiger partial charge in [0.05, 0.1) is 18.4 Å². The zero-order chi connectivity index (χ0) is 23.5. The second kappa shape index (κ2) is 10.0. The van der Waals surface area contributed by atoms with Gasteiger partial charge in [0, 0.05) is 12.3 Å². The first-order chi connectivity index (χ1) is 16.7. The van der Waals surface area contributed by atoms with Crippen molar-refractivity contribution in [2.24, 2.45) is 29.6 Å². The average Bonchev–Trinajstić information content (AvgIpc) is 3.21. The third-order valence-electron chi connectivity index (χ3n) is 8.11. The highest BCUT2D eigenvalue weighted by Gasteiger charge is 2.50. The fraction of sp³-hybridized carbons (Fsp3) is 0.400. The normalized spacial score (nSPS) is 29.5. The van der Waals surface area contributed by atoms with Crippen LogP contribution in [0.15, 0.2) is 78.6 Å². The number of hydrogen-bond acceptors (Lipinski definition) is 4. The maximum Gasteiger partial charge on any atom is 0.338 e. The van der Waals surface area contributed by atoms with Crippen LogP contribution in [0.1, 0.15) is 42.5 Å². The average molecular weight is 457 g/mol. The number of allylic oxidation sites excluding steroid dienone is 4. The van der Waals surface area contributed by atoms with E-state index in [4.69, 9.17) is 9.47 Å². The fourth-order valence-corrected chi connectivity index (χ4v) is 6.50. The van der Waals surface area contributed by atoms with E-state index in [0.717, 1.165) is 48.9 Å². The third kappa shape index (κ3) is 4.46. The molecule has 3 aliphatic carbocycles. The summed E-state index contributed by atoms with van der Waals surface area (Å²) >= 11 is 0. The molecule has 5 rings (SSSR count). The highest BCUT2D eigenvalue weighted by atomic mass is 16.5. The molecule has 0 radical (unpaired) electrons. The lowest BCUT2D eigenvalue weighted by Gasteiger charge is -2.40. The summed E-state index contributed by atoms with van der Waals surface area (Å²) in [5.41, 5.74) is 2.77. The quantitative estimate of drug-likeness (QED) is 0.366. The summed E-state index contributed by atoms with van der Waals surface area (Å²) < 4.78 is 11.8. The van der Waals surface area contributed by atoms with E-state index in [1.807, 2.05) is 42.5 Å². The van der Waals surface area contributed by atoms with Crippen molar-refractivity contribution in [1.29, 1.82) is 0 Å². The van der Waals surface area contributed by atoms with Gasteiger partial charge >= 0.3 is 5.97 Å². The lowest BCUT2D eigenvalue weighted by atomic mass is 9.65. The van der Waals surface area contributed by atoms with Crippen molar-refractivity contribution < 1.29 is 19.1 Å². The number of methoxy groups -OCH3 is 1. The van der Waals surface area contributed by atoms with Crippen LogP contribution in [0.25, 0.3) is 11.1 Å². The van der Waals surface area contributed by atoms with Gasteiger partial charge in [0.25, 0.3) is 0 Å². The molecule has 2 aromatic carbocycles. The highest BCUT2D eigenvalue weighted by Crippen LogP contribution is 2.54. The van der Waals surface area contributed by atoms with Crippen LogP contribution in [-0.4, -0.2) is 25.5 Å². The van der Waals surface area contributed by atoms with E-state index < -0.39 is 0 Å². The van der Waals surface area contributed by atoms with E-state index in [9.17, 15) is 9.59 Å². The maximum absolute atomic E-state index is 13.1. The molecule has 0 aromatic heterocycles. The van der Waals surface area contributed by atoms with Crippen LogP contribution in [0.4, 0.5) is 0 Å². The second-order valence-corrected chi connectivity index (χ2v) is 9.85. The zero-order valence-electron chi connectivity index (χ0n) is 19.6. The molecule has 6 atom stereocenters. The smallest absolute Gasteiger partial charge is 0.338 e. The summed E-state index contributed by atoms with van der Waals surface area (Å²) in [4.78, 5) is 24.3. The zero-order valence-corrected chi connectivity index (χ0v) is 19.6. The maximum atomic E-state index is 13.1. The van der Waals surface area contributed by atoms with Crippen LogP contribution >= 0.6 is 0 Å². The second-order valence-electron chi connectivity index (χ2n) is 9.85. The molecular formula is C30H32O4. The number of fused-ring (bicyclic) bond motifs is 2. The van der Waals surface area contributed by atoms with E-state index in [0.29, 0.717) is 35.7 Å². The number of carbonyl (C=O) groups is 2. The summed E-state index contributed by atoms with van der Waals surface area (Å²) in [6.45, 7) is 0. The molecule has 0 bridgehead atoms. The first kappa shape index (κ1) is 22.6. The largest absolute Gasteiger partial charge is 0.501 e. The van der Waals surface area contributed by atoms with Gasteiger partial charge in [0.1, 0.15) is 12.4 Å². The minimum Gasteiger partial charge on any atom is -0.501 e. The van der Waals surface area contributed by atoms with Crippen LogP contribution in [0, 0.1) is 29.6 Å². The number of benzene rings is 2. The van der Waals surface area contributed by atoms with E-state index in [1.165, 1.54) is 0 Å². The third-order valence-corrected chi connectivity index (χ3v) is 8.11. The first-order valence-corrected chi connectivity index (χ1v) is 12.4. The Bertz CT molecular complexity index is 1070. The molecule has 34 heavy (non-hydrogen) atoms. The predicted octanol–water partition coefficient (Wildman–Crippen LogP) is 6.24. The molecule has 4 unspecified atom stereocenters. The molecule has 2 aromatic rings. The number of ether oxygens (including phenoxy) is 2. The molecule has 2 saturated carbocycles. The summed E-state index contributed by atoms with van der Waals surface area (Å²) in [6.07, 6.45) is 11.6. The molecule has 0 aliphatic heterocycles. The van der Waals surface area contributed by atoms with Crippen LogP contribution in [0.5, 0.6) is 0 Å². The molecule has 4 nitrogen and oxygen atoms in total. The van der Waals surface area contributed by atoms with Gasteiger partial charge < -0.3 is 14.3 Å². The van der Waals surface area contributed by atoms with Crippen molar-refractivity contribution in [1.82, 2.24) is 0 Å². The number of rotatable bonds is 7. The van der Waals surface area contributed by atoms with Crippen LogP contribution in [0.3, 0.4) is 0 Å². The Kier molecular flexibility index (Phi) is 6.66. The molecule has 0 spiro atoms. The van der Waals surface area contributed by atoms with E-state index in [2.05, 4.69) is 30.4 Å². The first-order valence-electron chi connectivity index (χ1n) is 12.4. The Hall–Kier alpha value is -3.14. The molecular weight excluding hydrogens is 424 g/mol. The Morgan fingerprint density at radius 2 is 1.76 bits per heavy atom. The van der Waals surface area contributed by atoms with Crippen molar-refractivity contribution in [2.45, 2.75) is 38.2 Å². The van der Waals surface area contributed by atoms with Crippen molar-refractivity contribution in [3.8, 4) is 11.1 Å². The van der Waals surface area contributed by atoms with Crippen LogP contribution in [0.2, 0.25) is 0 Å². The lowest BCUT2D eigenvalue weighted by Crippen LogP contribution is -2.34. The highest BCUT2D eigenvalue weighted by molar-refractivity contribution is 5.90. The Labute approximate surface area is 201 Å². The van der Waals surface area contributed by atoms with Gasteiger partial charge in [-0.2, -0.15) is 0 Å². The molecule has 0 saturated heterocycles. The van der Waals surface area contributed by atoms with E-state index in [1.54, 1.807) is 7.11 Å². The standard InChI is InChI=1S/C30H32O4/c1-33-28-11-5-9-23-17-26-24(18-27(23)28)19-29(25(26)10-6-16-31)34-30(32)22-14-12-21(13-15-22)20-7-3-2-4-8-20/h2-5,7-9,11-16,23-27,29H,6,10,17-19H2,1H3/t23?,24?,25?,26-,27?,29+/m0/s1. The van der Waals surface area contributed by atoms with Gasteiger partial charge in [0.15, 0.2) is 0 Å². The number of aldehydes is 1.